The third-order valence-corrected chi connectivity index (χ3v) is 2.55. The molecule has 74 valence electrons. The summed E-state index contributed by atoms with van der Waals surface area (Å²) in [6, 6.07) is 4.79. The van der Waals surface area contributed by atoms with Crippen LogP contribution in [0, 0.1) is 0 Å². The molecule has 1 aromatic heterocycles. The number of fused-ring (bicyclic) bond motifs is 1. The van der Waals surface area contributed by atoms with E-state index in [1.807, 2.05) is 0 Å². The number of halogens is 1. The Bertz CT molecular complexity index is 590. The number of sulfonamides is 1. The Morgan fingerprint density at radius 2 is 2.14 bits per heavy atom. The van der Waals surface area contributed by atoms with E-state index in [0.717, 1.165) is 0 Å². The fourth-order valence-electron chi connectivity index (χ4n) is 1.02. The second-order valence-corrected chi connectivity index (χ2v) is 4.46. The molecule has 2 N–H and O–H groups in total. The van der Waals surface area contributed by atoms with Crippen molar-refractivity contribution in [3.05, 3.63) is 23.2 Å². The van der Waals surface area contributed by atoms with Gasteiger partial charge in [0, 0.05) is 0 Å². The predicted octanol–water partition coefficient (Wildman–Crippen LogP) is 1.13. The molecule has 0 radical (unpaired) electrons. The molecule has 0 aliphatic carbocycles. The van der Waals surface area contributed by atoms with E-state index in [4.69, 9.17) is 21.2 Å². The van der Waals surface area contributed by atoms with Crippen LogP contribution >= 0.6 is 11.6 Å². The van der Waals surface area contributed by atoms with Crippen LogP contribution in [0.3, 0.4) is 0 Å². The fourth-order valence-corrected chi connectivity index (χ4v) is 1.65. The number of hydrogen-bond donors (Lipinski definition) is 1. The van der Waals surface area contributed by atoms with Crippen molar-refractivity contribution in [2.24, 2.45) is 5.14 Å². The van der Waals surface area contributed by atoms with Gasteiger partial charge in [-0.2, -0.15) is 4.98 Å². The van der Waals surface area contributed by atoms with Gasteiger partial charge in [-0.05, 0) is 12.1 Å². The average molecular weight is 233 g/mol. The van der Waals surface area contributed by atoms with Crippen LogP contribution in [0.25, 0.3) is 11.1 Å². The Morgan fingerprint density at radius 1 is 1.43 bits per heavy atom. The number of nitrogens with two attached hydrogens (primary N) is 1. The Hall–Kier alpha value is -1.11. The maximum Gasteiger partial charge on any atom is 0.331 e. The minimum atomic E-state index is -3.92. The first-order valence-corrected chi connectivity index (χ1v) is 5.49. The van der Waals surface area contributed by atoms with Crippen LogP contribution in [0.15, 0.2) is 27.8 Å². The lowest BCUT2D eigenvalue weighted by atomic mass is 10.3. The van der Waals surface area contributed by atoms with Gasteiger partial charge >= 0.3 is 5.22 Å². The summed E-state index contributed by atoms with van der Waals surface area (Å²) >= 11 is 5.75. The molecule has 14 heavy (non-hydrogen) atoms. The van der Waals surface area contributed by atoms with E-state index in [9.17, 15) is 8.42 Å². The van der Waals surface area contributed by atoms with Gasteiger partial charge in [0.05, 0.1) is 5.02 Å². The molecule has 5 nitrogen and oxygen atoms in total. The van der Waals surface area contributed by atoms with E-state index in [0.29, 0.717) is 10.5 Å². The fraction of sp³-hybridized carbons (Fsp3) is 0. The van der Waals surface area contributed by atoms with Gasteiger partial charge < -0.3 is 4.42 Å². The normalized spacial score (nSPS) is 12.1. The van der Waals surface area contributed by atoms with Gasteiger partial charge in [0.2, 0.25) is 0 Å². The molecule has 0 fully saturated rings. The topological polar surface area (TPSA) is 86.2 Å². The summed E-state index contributed by atoms with van der Waals surface area (Å²) in [6.45, 7) is 0. The highest BCUT2D eigenvalue weighted by molar-refractivity contribution is 7.88. The maximum atomic E-state index is 10.9. The third kappa shape index (κ3) is 1.47. The number of aromatic nitrogens is 1. The lowest BCUT2D eigenvalue weighted by Crippen LogP contribution is -2.12. The molecular weight excluding hydrogens is 228 g/mol. The highest BCUT2D eigenvalue weighted by Crippen LogP contribution is 2.25. The molecule has 0 aliphatic rings. The number of primary sulfonamides is 1. The standard InChI is InChI=1S/C7H5ClN2O3S/c8-4-2-1-3-5-6(4)13-7(10-5)14(9,11)12/h1-3H,(H2,9,11,12). The summed E-state index contributed by atoms with van der Waals surface area (Å²) in [7, 11) is -3.92. The monoisotopic (exact) mass is 232 g/mol. The van der Waals surface area contributed by atoms with E-state index in [2.05, 4.69) is 4.98 Å². The van der Waals surface area contributed by atoms with E-state index < -0.39 is 15.2 Å². The number of rotatable bonds is 1. The van der Waals surface area contributed by atoms with Gasteiger partial charge in [-0.15, -0.1) is 0 Å². The van der Waals surface area contributed by atoms with Gasteiger partial charge in [0.15, 0.2) is 5.58 Å². The second kappa shape index (κ2) is 2.94. The molecule has 1 heterocycles. The number of para-hydroxylation sites is 1. The van der Waals surface area contributed by atoms with Crippen molar-refractivity contribution in [2.75, 3.05) is 0 Å². The van der Waals surface area contributed by atoms with Crippen LogP contribution in [0.5, 0.6) is 0 Å². The lowest BCUT2D eigenvalue weighted by molar-refractivity contribution is 0.459. The molecular formula is C7H5ClN2O3S. The molecule has 2 aromatic rings. The molecule has 2 rings (SSSR count). The first-order chi connectivity index (χ1) is 6.48. The smallest absolute Gasteiger partial charge is 0.331 e. The van der Waals surface area contributed by atoms with Crippen molar-refractivity contribution in [1.82, 2.24) is 4.98 Å². The molecule has 0 saturated carbocycles. The lowest BCUT2D eigenvalue weighted by Gasteiger charge is -1.88. The zero-order chi connectivity index (χ0) is 10.3. The average Bonchev–Trinajstić information content (AvgIpc) is 2.48. The zero-order valence-corrected chi connectivity index (χ0v) is 8.34. The van der Waals surface area contributed by atoms with Crippen molar-refractivity contribution in [3.63, 3.8) is 0 Å². The summed E-state index contributed by atoms with van der Waals surface area (Å²) in [4.78, 5) is 3.68. The van der Waals surface area contributed by atoms with Gasteiger partial charge in [-0.1, -0.05) is 17.7 Å². The molecule has 0 aliphatic heterocycles. The number of benzene rings is 1. The van der Waals surface area contributed by atoms with Crippen LogP contribution < -0.4 is 5.14 Å². The van der Waals surface area contributed by atoms with Crippen LogP contribution in [0.1, 0.15) is 0 Å². The number of hydrogen-bond acceptors (Lipinski definition) is 4. The molecule has 0 bridgehead atoms. The van der Waals surface area contributed by atoms with Crippen molar-refractivity contribution in [2.45, 2.75) is 5.22 Å². The molecule has 0 saturated heterocycles. The van der Waals surface area contributed by atoms with Crippen molar-refractivity contribution in [1.29, 1.82) is 0 Å². The van der Waals surface area contributed by atoms with Crippen LogP contribution in [0.4, 0.5) is 0 Å². The van der Waals surface area contributed by atoms with E-state index >= 15 is 0 Å². The Kier molecular flexibility index (Phi) is 1.99. The summed E-state index contributed by atoms with van der Waals surface area (Å²) in [5.74, 6) is 0. The summed E-state index contributed by atoms with van der Waals surface area (Å²) < 4.78 is 26.7. The highest BCUT2D eigenvalue weighted by Gasteiger charge is 2.17. The predicted molar refractivity (Wildman–Crippen MR) is 50.4 cm³/mol. The van der Waals surface area contributed by atoms with Gasteiger partial charge in [-0.25, -0.2) is 13.6 Å². The van der Waals surface area contributed by atoms with E-state index in [1.165, 1.54) is 0 Å². The van der Waals surface area contributed by atoms with Gasteiger partial charge in [0.25, 0.3) is 10.0 Å². The summed E-state index contributed by atoms with van der Waals surface area (Å²) in [5.41, 5.74) is 0.583. The summed E-state index contributed by atoms with van der Waals surface area (Å²) in [5, 5.41) is 4.61. The first kappa shape index (κ1) is 9.45. The highest BCUT2D eigenvalue weighted by atomic mass is 35.5. The molecule has 0 amide bonds. The SMILES string of the molecule is NS(=O)(=O)c1nc2cccc(Cl)c2o1. The number of oxazole rings is 1. The van der Waals surface area contributed by atoms with Gasteiger partial charge in [0.1, 0.15) is 5.52 Å². The maximum absolute atomic E-state index is 10.9. The molecule has 0 spiro atoms. The van der Waals surface area contributed by atoms with E-state index in [-0.39, 0.29) is 5.58 Å². The van der Waals surface area contributed by atoms with Crippen molar-refractivity contribution < 1.29 is 12.8 Å². The van der Waals surface area contributed by atoms with Crippen LogP contribution in [-0.4, -0.2) is 13.4 Å². The second-order valence-electron chi connectivity index (χ2n) is 2.61. The Morgan fingerprint density at radius 3 is 2.71 bits per heavy atom. The molecule has 0 unspecified atom stereocenters. The molecule has 1 aromatic carbocycles. The van der Waals surface area contributed by atoms with Crippen LogP contribution in [0.2, 0.25) is 5.02 Å². The van der Waals surface area contributed by atoms with E-state index in [1.54, 1.807) is 18.2 Å². The quantitative estimate of drug-likeness (QED) is 0.799. The zero-order valence-electron chi connectivity index (χ0n) is 6.77. The minimum Gasteiger partial charge on any atom is -0.425 e. The summed E-state index contributed by atoms with van der Waals surface area (Å²) in [6.07, 6.45) is 0. The Balaban J connectivity index is 2.81. The Labute approximate surface area is 84.5 Å². The minimum absolute atomic E-state index is 0.221. The number of nitrogens with zero attached hydrogens (tertiary/aromatic N) is 1. The van der Waals surface area contributed by atoms with Crippen molar-refractivity contribution >= 4 is 32.7 Å². The third-order valence-electron chi connectivity index (χ3n) is 1.59. The molecule has 0 atom stereocenters. The van der Waals surface area contributed by atoms with Gasteiger partial charge in [-0.3, -0.25) is 0 Å². The van der Waals surface area contributed by atoms with Crippen molar-refractivity contribution in [3.8, 4) is 0 Å². The van der Waals surface area contributed by atoms with Crippen LogP contribution in [-0.2, 0) is 10.0 Å². The first-order valence-electron chi connectivity index (χ1n) is 3.56. The largest absolute Gasteiger partial charge is 0.425 e. The molecule has 7 heteroatoms.